The third kappa shape index (κ3) is 3.49. The summed E-state index contributed by atoms with van der Waals surface area (Å²) in [5.74, 6) is 0. The number of rotatable bonds is 5. The molecule has 1 unspecified atom stereocenters. The number of aliphatic hydroxyl groups is 1. The van der Waals surface area contributed by atoms with Gasteiger partial charge in [0.15, 0.2) is 5.69 Å². The molecule has 0 aliphatic heterocycles. The zero-order chi connectivity index (χ0) is 22.2. The molecule has 5 nitrogen and oxygen atoms in total. The summed E-state index contributed by atoms with van der Waals surface area (Å²) >= 11 is 0. The number of halogens is 3. The summed E-state index contributed by atoms with van der Waals surface area (Å²) in [6.07, 6.45) is 0.532. The summed E-state index contributed by atoms with van der Waals surface area (Å²) in [6, 6.07) is 14.1. The Kier molecular flexibility index (Phi) is 5.12. The zero-order valence-corrected chi connectivity index (χ0v) is 16.6. The van der Waals surface area contributed by atoms with Crippen LogP contribution in [0.15, 0.2) is 73.2 Å². The summed E-state index contributed by atoms with van der Waals surface area (Å²) in [6.45, 7) is 0. The summed E-state index contributed by atoms with van der Waals surface area (Å²) in [5, 5.41) is 20.9. The molecule has 0 bridgehead atoms. The number of para-hydroxylation sites is 1. The fourth-order valence-corrected chi connectivity index (χ4v) is 3.80. The van der Waals surface area contributed by atoms with E-state index in [0.29, 0.717) is 16.6 Å². The fourth-order valence-electron chi connectivity index (χ4n) is 3.80. The molecule has 0 spiro atoms. The Morgan fingerprint density at radius 3 is 2.55 bits per heavy atom. The Morgan fingerprint density at radius 2 is 1.87 bits per heavy atom. The lowest BCUT2D eigenvalue weighted by Crippen LogP contribution is -2.71. The molecule has 0 radical (unpaired) electrons. The molecular formula is C23H20F3N4O+. The van der Waals surface area contributed by atoms with Crippen molar-refractivity contribution in [3.05, 3.63) is 89.9 Å². The first-order chi connectivity index (χ1) is 14.8. The zero-order valence-electron chi connectivity index (χ0n) is 16.6. The van der Waals surface area contributed by atoms with Crippen molar-refractivity contribution in [3.8, 4) is 0 Å². The lowest BCUT2D eigenvalue weighted by atomic mass is 9.84. The minimum Gasteiger partial charge on any atom is -0.372 e. The minimum atomic E-state index is -4.98. The van der Waals surface area contributed by atoms with E-state index in [9.17, 15) is 18.3 Å². The number of hydrogen-bond acceptors (Lipinski definition) is 3. The highest BCUT2D eigenvalue weighted by molar-refractivity contribution is 5.87. The highest BCUT2D eigenvalue weighted by Gasteiger charge is 2.57. The van der Waals surface area contributed by atoms with E-state index in [1.54, 1.807) is 65.7 Å². The Morgan fingerprint density at radius 1 is 1.10 bits per heavy atom. The van der Waals surface area contributed by atoms with Crippen LogP contribution in [0.25, 0.3) is 10.9 Å². The molecule has 2 aromatic carbocycles. The van der Waals surface area contributed by atoms with Crippen LogP contribution in [0.2, 0.25) is 0 Å². The number of nitrogens with two attached hydrogens (primary N) is 1. The van der Waals surface area contributed by atoms with Crippen molar-refractivity contribution in [1.29, 1.82) is 5.41 Å². The van der Waals surface area contributed by atoms with Gasteiger partial charge in [0.25, 0.3) is 0 Å². The van der Waals surface area contributed by atoms with Gasteiger partial charge in [0.2, 0.25) is 5.60 Å². The Bertz CT molecular complexity index is 1250. The fraction of sp³-hybridized carbons (Fsp3) is 0.130. The number of aromatic nitrogens is 2. The van der Waals surface area contributed by atoms with Gasteiger partial charge in [0.05, 0.1) is 11.8 Å². The molecule has 158 valence electrons. The summed E-state index contributed by atoms with van der Waals surface area (Å²) in [5.41, 5.74) is -1.71. The minimum absolute atomic E-state index is 0.252. The van der Waals surface area contributed by atoms with Crippen molar-refractivity contribution >= 4 is 28.5 Å². The third-order valence-corrected chi connectivity index (χ3v) is 5.36. The average molecular weight is 425 g/mol. The SMILES string of the molecule is Cn1cc(C(O)(c2ccc([NH2+]c3cccnc3)c(C=N)c2)C(F)(F)F)c2ccccc21. The first kappa shape index (κ1) is 20.8. The molecule has 8 heteroatoms. The van der Waals surface area contributed by atoms with E-state index in [0.717, 1.165) is 11.9 Å². The van der Waals surface area contributed by atoms with Gasteiger partial charge in [-0.1, -0.05) is 18.2 Å². The topological polar surface area (TPSA) is 78.5 Å². The van der Waals surface area contributed by atoms with E-state index in [-0.39, 0.29) is 16.7 Å². The van der Waals surface area contributed by atoms with Crippen LogP contribution in [0.5, 0.6) is 0 Å². The van der Waals surface area contributed by atoms with Crippen LogP contribution < -0.4 is 5.32 Å². The number of nitrogens with zero attached hydrogens (tertiary/aromatic N) is 2. The van der Waals surface area contributed by atoms with Crippen molar-refractivity contribution in [2.75, 3.05) is 0 Å². The van der Waals surface area contributed by atoms with Crippen molar-refractivity contribution in [2.24, 2.45) is 7.05 Å². The number of benzene rings is 2. The number of fused-ring (bicyclic) bond motifs is 1. The Balaban J connectivity index is 1.88. The average Bonchev–Trinajstić information content (AvgIpc) is 3.10. The van der Waals surface area contributed by atoms with Crippen molar-refractivity contribution in [1.82, 2.24) is 9.55 Å². The van der Waals surface area contributed by atoms with E-state index < -0.39 is 11.8 Å². The second-order valence-corrected chi connectivity index (χ2v) is 7.30. The van der Waals surface area contributed by atoms with Crippen LogP contribution in [0.1, 0.15) is 16.7 Å². The van der Waals surface area contributed by atoms with Gasteiger partial charge in [0, 0.05) is 54.3 Å². The first-order valence-electron chi connectivity index (χ1n) is 9.49. The molecular weight excluding hydrogens is 405 g/mol. The van der Waals surface area contributed by atoms with E-state index in [1.165, 1.54) is 24.4 Å². The summed E-state index contributed by atoms with van der Waals surface area (Å²) in [7, 11) is 1.64. The Labute approximate surface area is 176 Å². The molecule has 4 N–H and O–H groups in total. The standard InChI is InChI=1S/C23H19F3N4O/c1-30-14-19(18-6-2-3-7-21(18)30)22(31,23(24,25)26)16-8-9-20(15(11-16)12-27)29-17-5-4-10-28-13-17/h2-14,27,29,31H,1H3/p+1. The summed E-state index contributed by atoms with van der Waals surface area (Å²) in [4.78, 5) is 4.02. The van der Waals surface area contributed by atoms with Gasteiger partial charge in [-0.15, -0.1) is 0 Å². The van der Waals surface area contributed by atoms with Crippen LogP contribution in [0.3, 0.4) is 0 Å². The number of quaternary nitrogens is 1. The molecule has 0 saturated heterocycles. The first-order valence-corrected chi connectivity index (χ1v) is 9.49. The van der Waals surface area contributed by atoms with Gasteiger partial charge < -0.3 is 15.1 Å². The highest BCUT2D eigenvalue weighted by atomic mass is 19.4. The summed E-state index contributed by atoms with van der Waals surface area (Å²) < 4.78 is 44.6. The number of aryl methyl sites for hydroxylation is 1. The molecule has 0 saturated carbocycles. The van der Waals surface area contributed by atoms with Gasteiger partial charge in [0.1, 0.15) is 5.69 Å². The lowest BCUT2D eigenvalue weighted by molar-refractivity contribution is -0.479. The monoisotopic (exact) mass is 425 g/mol. The molecule has 0 aliphatic carbocycles. The van der Waals surface area contributed by atoms with Crippen molar-refractivity contribution < 1.29 is 23.6 Å². The lowest BCUT2D eigenvalue weighted by Gasteiger charge is -2.31. The molecule has 0 fully saturated rings. The smallest absolute Gasteiger partial charge is 0.372 e. The molecule has 0 amide bonds. The van der Waals surface area contributed by atoms with Gasteiger partial charge in [-0.25, -0.2) is 0 Å². The van der Waals surface area contributed by atoms with Crippen LogP contribution in [0.4, 0.5) is 24.5 Å². The molecule has 31 heavy (non-hydrogen) atoms. The maximum Gasteiger partial charge on any atom is 0.425 e. The number of hydrogen-bond donors (Lipinski definition) is 3. The molecule has 4 aromatic rings. The van der Waals surface area contributed by atoms with E-state index in [4.69, 9.17) is 5.41 Å². The molecule has 0 aliphatic rings. The van der Waals surface area contributed by atoms with Crippen molar-refractivity contribution in [2.45, 2.75) is 11.8 Å². The maximum atomic E-state index is 14.4. The predicted octanol–water partition coefficient (Wildman–Crippen LogP) is 3.90. The van der Waals surface area contributed by atoms with Crippen LogP contribution >= 0.6 is 0 Å². The highest BCUT2D eigenvalue weighted by Crippen LogP contribution is 2.47. The quantitative estimate of drug-likeness (QED) is 0.335. The van der Waals surface area contributed by atoms with Crippen molar-refractivity contribution in [3.63, 3.8) is 0 Å². The van der Waals surface area contributed by atoms with Gasteiger partial charge in [-0.3, -0.25) is 10.3 Å². The van der Waals surface area contributed by atoms with Crippen LogP contribution in [-0.2, 0) is 12.6 Å². The Hall–Kier alpha value is -3.49. The number of nitrogens with one attached hydrogen (secondary N) is 1. The van der Waals surface area contributed by atoms with E-state index in [1.807, 2.05) is 0 Å². The largest absolute Gasteiger partial charge is 0.425 e. The number of pyridine rings is 1. The molecule has 4 rings (SSSR count). The van der Waals surface area contributed by atoms with Gasteiger partial charge in [-0.2, -0.15) is 13.2 Å². The molecule has 2 aromatic heterocycles. The third-order valence-electron chi connectivity index (χ3n) is 5.36. The van der Waals surface area contributed by atoms with Gasteiger partial charge >= 0.3 is 6.18 Å². The normalized spacial score (nSPS) is 13.8. The second-order valence-electron chi connectivity index (χ2n) is 7.30. The van der Waals surface area contributed by atoms with E-state index >= 15 is 0 Å². The molecule has 2 heterocycles. The van der Waals surface area contributed by atoms with E-state index in [2.05, 4.69) is 4.98 Å². The maximum absolute atomic E-state index is 14.4. The molecule has 1 atom stereocenters. The second kappa shape index (κ2) is 7.64. The van der Waals surface area contributed by atoms with Crippen LogP contribution in [0, 0.1) is 5.41 Å². The predicted molar refractivity (Wildman–Crippen MR) is 112 cm³/mol. The van der Waals surface area contributed by atoms with Gasteiger partial charge in [-0.05, 0) is 29.8 Å². The number of alkyl halides is 3. The van der Waals surface area contributed by atoms with Crippen LogP contribution in [-0.4, -0.2) is 27.0 Å².